The quantitative estimate of drug-likeness (QED) is 0.594. The van der Waals surface area contributed by atoms with Crippen LogP contribution in [0, 0.1) is 0 Å². The highest BCUT2D eigenvalue weighted by Crippen LogP contribution is 2.31. The van der Waals surface area contributed by atoms with Crippen molar-refractivity contribution in [3.63, 3.8) is 0 Å². The molecule has 0 unspecified atom stereocenters. The minimum atomic E-state index is -4.13. The van der Waals surface area contributed by atoms with Crippen LogP contribution in [0.15, 0.2) is 83.8 Å². The van der Waals surface area contributed by atoms with Crippen LogP contribution < -0.4 is 4.74 Å². The van der Waals surface area contributed by atoms with Gasteiger partial charge in [-0.25, -0.2) is 13.2 Å². The second-order valence-corrected chi connectivity index (χ2v) is 8.99. The van der Waals surface area contributed by atoms with Crippen LogP contribution in [-0.2, 0) is 32.6 Å². The van der Waals surface area contributed by atoms with Crippen molar-refractivity contribution in [1.82, 2.24) is 4.31 Å². The van der Waals surface area contributed by atoms with Crippen LogP contribution in [0.1, 0.15) is 11.1 Å². The first-order valence-corrected chi connectivity index (χ1v) is 11.0. The summed E-state index contributed by atoms with van der Waals surface area (Å²) in [7, 11) is -4.13. The van der Waals surface area contributed by atoms with Gasteiger partial charge in [0.25, 0.3) is 5.78 Å². The molecule has 0 fully saturated rings. The van der Waals surface area contributed by atoms with Crippen LogP contribution in [-0.4, -0.2) is 35.6 Å². The first-order valence-electron chi connectivity index (χ1n) is 9.55. The van der Waals surface area contributed by atoms with E-state index in [0.717, 1.165) is 15.4 Å². The summed E-state index contributed by atoms with van der Waals surface area (Å²) >= 11 is 0. The van der Waals surface area contributed by atoms with E-state index in [1.54, 1.807) is 36.4 Å². The molecule has 3 aromatic rings. The zero-order chi connectivity index (χ0) is 22.0. The molecule has 0 amide bonds. The number of carbonyl (C=O) groups is 2. The van der Waals surface area contributed by atoms with Gasteiger partial charge in [0.2, 0.25) is 10.0 Å². The van der Waals surface area contributed by atoms with E-state index in [1.165, 1.54) is 24.3 Å². The number of Topliss-reactive ketones (excluding diaryl/α,β-unsaturated/α-hetero) is 1. The molecule has 0 saturated heterocycles. The van der Waals surface area contributed by atoms with E-state index in [1.807, 2.05) is 18.2 Å². The maximum Gasteiger partial charge on any atom is 0.373 e. The summed E-state index contributed by atoms with van der Waals surface area (Å²) in [6.07, 6.45) is 0.00966. The molecule has 4 rings (SSSR count). The summed E-state index contributed by atoms with van der Waals surface area (Å²) in [5.41, 5.74) is 1.50. The van der Waals surface area contributed by atoms with Crippen LogP contribution in [0.25, 0.3) is 0 Å². The Morgan fingerprint density at radius 3 is 2.06 bits per heavy atom. The maximum absolute atomic E-state index is 13.3. The summed E-state index contributed by atoms with van der Waals surface area (Å²) in [5.74, 6) is -1.75. The lowest BCUT2D eigenvalue weighted by Gasteiger charge is -2.34. The van der Waals surface area contributed by atoms with Gasteiger partial charge in [-0.3, -0.25) is 4.79 Å². The zero-order valence-corrected chi connectivity index (χ0v) is 17.2. The molecule has 0 saturated carbocycles. The molecule has 1 heterocycles. The Hall–Kier alpha value is -3.49. The fraction of sp³-hybridized carbons (Fsp3) is 0.130. The third kappa shape index (κ3) is 4.21. The number of ether oxygens (including phenoxy) is 1. The third-order valence-corrected chi connectivity index (χ3v) is 7.00. The molecule has 1 aliphatic rings. The van der Waals surface area contributed by atoms with Gasteiger partial charge in [-0.05, 0) is 53.9 Å². The largest absolute Gasteiger partial charge is 0.475 e. The number of ketones is 1. The topological polar surface area (TPSA) is 101 Å². The summed E-state index contributed by atoms with van der Waals surface area (Å²) in [6, 6.07) is 20.7. The van der Waals surface area contributed by atoms with Gasteiger partial charge in [-0.15, -0.1) is 0 Å². The minimum absolute atomic E-state index is 0.00966. The van der Waals surface area contributed by atoms with Crippen molar-refractivity contribution in [2.24, 2.45) is 0 Å². The Balaban J connectivity index is 1.65. The molecule has 7 nitrogen and oxygen atoms in total. The Kier molecular flexibility index (Phi) is 5.58. The Labute approximate surface area is 179 Å². The second-order valence-electron chi connectivity index (χ2n) is 7.09. The van der Waals surface area contributed by atoms with Gasteiger partial charge in [-0.2, -0.15) is 4.31 Å². The summed E-state index contributed by atoms with van der Waals surface area (Å²) < 4.78 is 33.3. The first-order chi connectivity index (χ1) is 14.9. The highest BCUT2D eigenvalue weighted by atomic mass is 32.2. The number of hydrogen-bond acceptors (Lipinski definition) is 5. The van der Waals surface area contributed by atoms with Crippen LogP contribution >= 0.6 is 0 Å². The van der Waals surface area contributed by atoms with E-state index < -0.39 is 27.8 Å². The van der Waals surface area contributed by atoms with E-state index in [4.69, 9.17) is 4.74 Å². The Morgan fingerprint density at radius 1 is 0.839 bits per heavy atom. The standard InChI is InChI=1S/C23H19NO6S/c25-22(23(26)27)21-14-16-6-4-5-7-17(16)15-24(21)31(28,29)20-12-10-19(11-13-20)30-18-8-2-1-3-9-18/h1-13,21H,14-15H2,(H,26,27)/t21-/m1/s1. The zero-order valence-electron chi connectivity index (χ0n) is 16.3. The summed E-state index contributed by atoms with van der Waals surface area (Å²) in [6.45, 7) is -0.0789. The molecule has 1 atom stereocenters. The average molecular weight is 437 g/mol. The third-order valence-electron chi connectivity index (χ3n) is 5.13. The number of carboxylic acid groups (broad SMARTS) is 1. The van der Waals surface area contributed by atoms with Gasteiger partial charge in [0.15, 0.2) is 0 Å². The van der Waals surface area contributed by atoms with Gasteiger partial charge < -0.3 is 9.84 Å². The Morgan fingerprint density at radius 2 is 1.42 bits per heavy atom. The summed E-state index contributed by atoms with van der Waals surface area (Å²) in [5, 5.41) is 9.23. The predicted molar refractivity (Wildman–Crippen MR) is 112 cm³/mol. The van der Waals surface area contributed by atoms with Gasteiger partial charge >= 0.3 is 5.97 Å². The monoisotopic (exact) mass is 437 g/mol. The normalized spacial score (nSPS) is 16.3. The van der Waals surface area contributed by atoms with E-state index in [2.05, 4.69) is 0 Å². The number of hydrogen-bond donors (Lipinski definition) is 1. The second kappa shape index (κ2) is 8.33. The fourth-order valence-corrected chi connectivity index (χ4v) is 5.12. The number of aliphatic carboxylic acids is 1. The molecule has 31 heavy (non-hydrogen) atoms. The van der Waals surface area contributed by atoms with Crippen LogP contribution in [0.5, 0.6) is 11.5 Å². The molecule has 0 bridgehead atoms. The molecule has 0 aromatic heterocycles. The van der Waals surface area contributed by atoms with Gasteiger partial charge in [0.1, 0.15) is 11.5 Å². The smallest absolute Gasteiger partial charge is 0.373 e. The maximum atomic E-state index is 13.3. The molecular formula is C23H19NO6S. The lowest BCUT2D eigenvalue weighted by molar-refractivity contribution is -0.151. The fourth-order valence-electron chi connectivity index (χ4n) is 3.56. The van der Waals surface area contributed by atoms with Crippen LogP contribution in [0.2, 0.25) is 0 Å². The van der Waals surface area contributed by atoms with Crippen molar-refractivity contribution in [1.29, 1.82) is 0 Å². The summed E-state index contributed by atoms with van der Waals surface area (Å²) in [4.78, 5) is 23.6. The number of para-hydroxylation sites is 1. The molecule has 0 spiro atoms. The van der Waals surface area contributed by atoms with E-state index >= 15 is 0 Å². The van der Waals surface area contributed by atoms with Gasteiger partial charge in [0.05, 0.1) is 10.9 Å². The lowest BCUT2D eigenvalue weighted by Crippen LogP contribution is -2.50. The number of benzene rings is 3. The SMILES string of the molecule is O=C(O)C(=O)[C@H]1Cc2ccccc2CN1S(=O)(=O)c1ccc(Oc2ccccc2)cc1. The van der Waals surface area contributed by atoms with Gasteiger partial charge in [0, 0.05) is 6.54 Å². The Bertz CT molecular complexity index is 1220. The first kappa shape index (κ1) is 20.8. The number of nitrogens with zero attached hydrogens (tertiary/aromatic N) is 1. The van der Waals surface area contributed by atoms with Crippen molar-refractivity contribution in [2.45, 2.75) is 23.9 Å². The highest BCUT2D eigenvalue weighted by Gasteiger charge is 2.41. The molecule has 0 aliphatic carbocycles. The van der Waals surface area contributed by atoms with Crippen molar-refractivity contribution in [2.75, 3.05) is 0 Å². The van der Waals surface area contributed by atoms with Crippen molar-refractivity contribution >= 4 is 21.8 Å². The molecule has 0 radical (unpaired) electrons. The number of carboxylic acids is 1. The number of sulfonamides is 1. The van der Waals surface area contributed by atoms with Crippen molar-refractivity contribution in [3.8, 4) is 11.5 Å². The number of carbonyl (C=O) groups excluding carboxylic acids is 1. The molecule has 1 N–H and O–H groups in total. The number of fused-ring (bicyclic) bond motifs is 1. The van der Waals surface area contributed by atoms with Crippen LogP contribution in [0.4, 0.5) is 0 Å². The van der Waals surface area contributed by atoms with Crippen LogP contribution in [0.3, 0.4) is 0 Å². The van der Waals surface area contributed by atoms with E-state index in [-0.39, 0.29) is 17.9 Å². The predicted octanol–water partition coefficient (Wildman–Crippen LogP) is 3.25. The lowest BCUT2D eigenvalue weighted by atomic mass is 9.94. The molecule has 1 aliphatic heterocycles. The van der Waals surface area contributed by atoms with Crippen molar-refractivity contribution in [3.05, 3.63) is 90.0 Å². The number of rotatable bonds is 6. The molecule has 158 valence electrons. The molecule has 8 heteroatoms. The molecular weight excluding hydrogens is 418 g/mol. The highest BCUT2D eigenvalue weighted by molar-refractivity contribution is 7.89. The van der Waals surface area contributed by atoms with E-state index in [0.29, 0.717) is 11.5 Å². The molecule has 3 aromatic carbocycles. The van der Waals surface area contributed by atoms with E-state index in [9.17, 15) is 23.1 Å². The van der Waals surface area contributed by atoms with Crippen molar-refractivity contribution < 1.29 is 27.9 Å². The average Bonchev–Trinajstić information content (AvgIpc) is 2.78. The minimum Gasteiger partial charge on any atom is -0.475 e. The van der Waals surface area contributed by atoms with Gasteiger partial charge in [-0.1, -0.05) is 42.5 Å².